The van der Waals surface area contributed by atoms with Gasteiger partial charge >= 0.3 is 0 Å². The molecule has 1 N–H and O–H groups in total. The summed E-state index contributed by atoms with van der Waals surface area (Å²) in [6, 6.07) is 9.34. The predicted molar refractivity (Wildman–Crippen MR) is 61.0 cm³/mol. The van der Waals surface area contributed by atoms with E-state index >= 15 is 0 Å². The molecular weight excluding hydrogens is 202 g/mol. The third-order valence-electron chi connectivity index (χ3n) is 2.15. The first-order valence-corrected chi connectivity index (χ1v) is 4.93. The van der Waals surface area contributed by atoms with Gasteiger partial charge in [-0.2, -0.15) is 10.5 Å². The van der Waals surface area contributed by atoms with Gasteiger partial charge in [0.05, 0.1) is 36.4 Å². The number of nitriles is 2. The molecule has 1 unspecified atom stereocenters. The first kappa shape index (κ1) is 11.9. The molecule has 1 aromatic rings. The number of rotatable bonds is 4. The molecule has 0 aromatic heterocycles. The molecule has 0 amide bonds. The number of nitrogens with one attached hydrogen (secondary N) is 1. The van der Waals surface area contributed by atoms with Gasteiger partial charge < -0.3 is 10.1 Å². The van der Waals surface area contributed by atoms with E-state index in [1.54, 1.807) is 25.3 Å². The Morgan fingerprint density at radius 2 is 2.19 bits per heavy atom. The van der Waals surface area contributed by atoms with E-state index in [4.69, 9.17) is 15.3 Å². The third-order valence-corrected chi connectivity index (χ3v) is 2.15. The summed E-state index contributed by atoms with van der Waals surface area (Å²) in [5, 5.41) is 20.5. The summed E-state index contributed by atoms with van der Waals surface area (Å²) in [6.45, 7) is 2.39. The van der Waals surface area contributed by atoms with Gasteiger partial charge in [-0.3, -0.25) is 0 Å². The molecule has 1 rings (SSSR count). The van der Waals surface area contributed by atoms with Crippen molar-refractivity contribution in [3.8, 4) is 17.9 Å². The second kappa shape index (κ2) is 5.63. The van der Waals surface area contributed by atoms with E-state index in [2.05, 4.69) is 11.4 Å². The van der Waals surface area contributed by atoms with Crippen LogP contribution in [0, 0.1) is 28.6 Å². The molecule has 0 saturated heterocycles. The van der Waals surface area contributed by atoms with Crippen LogP contribution in [0.4, 0.5) is 5.69 Å². The highest BCUT2D eigenvalue weighted by atomic mass is 16.5. The quantitative estimate of drug-likeness (QED) is 0.835. The van der Waals surface area contributed by atoms with Crippen LogP contribution in [0.2, 0.25) is 0 Å². The number of hydrogen-bond donors (Lipinski definition) is 1. The van der Waals surface area contributed by atoms with E-state index in [-0.39, 0.29) is 5.92 Å². The Balaban J connectivity index is 2.81. The summed E-state index contributed by atoms with van der Waals surface area (Å²) < 4.78 is 5.16. The van der Waals surface area contributed by atoms with Crippen molar-refractivity contribution in [3.63, 3.8) is 0 Å². The molecule has 0 radical (unpaired) electrons. The van der Waals surface area contributed by atoms with Crippen LogP contribution in [-0.4, -0.2) is 13.7 Å². The van der Waals surface area contributed by atoms with Crippen LogP contribution in [0.15, 0.2) is 18.2 Å². The SMILES string of the molecule is COc1cc(C#N)ccc1NCC(C)C#N. The summed E-state index contributed by atoms with van der Waals surface area (Å²) >= 11 is 0. The van der Waals surface area contributed by atoms with Crippen LogP contribution >= 0.6 is 0 Å². The minimum Gasteiger partial charge on any atom is -0.495 e. The van der Waals surface area contributed by atoms with E-state index in [1.165, 1.54) is 0 Å². The number of hydrogen-bond acceptors (Lipinski definition) is 4. The van der Waals surface area contributed by atoms with Crippen LogP contribution in [0.3, 0.4) is 0 Å². The zero-order valence-electron chi connectivity index (χ0n) is 9.32. The number of benzene rings is 1. The maximum absolute atomic E-state index is 8.74. The lowest BCUT2D eigenvalue weighted by atomic mass is 10.1. The van der Waals surface area contributed by atoms with Crippen molar-refractivity contribution in [2.45, 2.75) is 6.92 Å². The van der Waals surface area contributed by atoms with Crippen molar-refractivity contribution >= 4 is 5.69 Å². The van der Waals surface area contributed by atoms with E-state index in [1.807, 2.05) is 13.0 Å². The van der Waals surface area contributed by atoms with Gasteiger partial charge in [0, 0.05) is 12.6 Å². The lowest BCUT2D eigenvalue weighted by Crippen LogP contribution is -2.10. The van der Waals surface area contributed by atoms with Gasteiger partial charge in [0.1, 0.15) is 5.75 Å². The summed E-state index contributed by atoms with van der Waals surface area (Å²) in [4.78, 5) is 0. The smallest absolute Gasteiger partial charge is 0.143 e. The molecule has 0 aliphatic heterocycles. The monoisotopic (exact) mass is 215 g/mol. The molecule has 0 saturated carbocycles. The Labute approximate surface area is 95.1 Å². The van der Waals surface area contributed by atoms with E-state index < -0.39 is 0 Å². The fraction of sp³-hybridized carbons (Fsp3) is 0.333. The summed E-state index contributed by atoms with van der Waals surface area (Å²) in [7, 11) is 1.55. The standard InChI is InChI=1S/C12H13N3O/c1-9(6-13)8-15-11-4-3-10(7-14)5-12(11)16-2/h3-5,9,15H,8H2,1-2H3. The Bertz CT molecular complexity index is 443. The zero-order chi connectivity index (χ0) is 12.0. The van der Waals surface area contributed by atoms with Crippen molar-refractivity contribution in [1.29, 1.82) is 10.5 Å². The molecular formula is C12H13N3O. The maximum atomic E-state index is 8.74. The molecule has 0 bridgehead atoms. The Hall–Kier alpha value is -2.20. The molecule has 0 aliphatic carbocycles. The molecule has 82 valence electrons. The van der Waals surface area contributed by atoms with Gasteiger partial charge in [0.25, 0.3) is 0 Å². The zero-order valence-corrected chi connectivity index (χ0v) is 9.32. The topological polar surface area (TPSA) is 68.8 Å². The molecule has 0 heterocycles. The normalized spacial score (nSPS) is 11.0. The van der Waals surface area contributed by atoms with E-state index in [9.17, 15) is 0 Å². The molecule has 4 heteroatoms. The second-order valence-electron chi connectivity index (χ2n) is 3.44. The van der Waals surface area contributed by atoms with Crippen molar-refractivity contribution in [3.05, 3.63) is 23.8 Å². The van der Waals surface area contributed by atoms with Crippen molar-refractivity contribution < 1.29 is 4.74 Å². The maximum Gasteiger partial charge on any atom is 0.143 e. The van der Waals surface area contributed by atoms with Crippen LogP contribution in [0.5, 0.6) is 5.75 Å². The van der Waals surface area contributed by atoms with Crippen molar-refractivity contribution in [1.82, 2.24) is 0 Å². The first-order valence-electron chi connectivity index (χ1n) is 4.93. The highest BCUT2D eigenvalue weighted by Gasteiger charge is 2.05. The minimum absolute atomic E-state index is 0.0691. The average molecular weight is 215 g/mol. The van der Waals surface area contributed by atoms with Crippen LogP contribution in [-0.2, 0) is 0 Å². The number of ether oxygens (including phenoxy) is 1. The summed E-state index contributed by atoms with van der Waals surface area (Å²) in [5.74, 6) is 0.546. The molecule has 4 nitrogen and oxygen atoms in total. The average Bonchev–Trinajstić information content (AvgIpc) is 2.35. The van der Waals surface area contributed by atoms with Gasteiger partial charge in [-0.1, -0.05) is 0 Å². The lowest BCUT2D eigenvalue weighted by Gasteiger charge is -2.11. The van der Waals surface area contributed by atoms with Gasteiger partial charge in [0.2, 0.25) is 0 Å². The molecule has 16 heavy (non-hydrogen) atoms. The number of anilines is 1. The third kappa shape index (κ3) is 2.90. The largest absolute Gasteiger partial charge is 0.495 e. The van der Waals surface area contributed by atoms with Crippen LogP contribution < -0.4 is 10.1 Å². The van der Waals surface area contributed by atoms with Crippen molar-refractivity contribution in [2.75, 3.05) is 19.0 Å². The fourth-order valence-corrected chi connectivity index (χ4v) is 1.22. The minimum atomic E-state index is -0.0691. The molecule has 0 fully saturated rings. The Morgan fingerprint density at radius 1 is 1.44 bits per heavy atom. The van der Waals surface area contributed by atoms with E-state index in [0.717, 1.165) is 5.69 Å². The highest BCUT2D eigenvalue weighted by Crippen LogP contribution is 2.25. The van der Waals surface area contributed by atoms with Gasteiger partial charge in [-0.25, -0.2) is 0 Å². The van der Waals surface area contributed by atoms with Gasteiger partial charge in [-0.15, -0.1) is 0 Å². The lowest BCUT2D eigenvalue weighted by molar-refractivity contribution is 0.416. The molecule has 0 aliphatic rings. The van der Waals surface area contributed by atoms with Gasteiger partial charge in [-0.05, 0) is 19.1 Å². The molecule has 1 atom stereocenters. The van der Waals surface area contributed by atoms with E-state index in [0.29, 0.717) is 17.9 Å². The van der Waals surface area contributed by atoms with Gasteiger partial charge in [0.15, 0.2) is 0 Å². The Kier molecular flexibility index (Phi) is 4.17. The first-order chi connectivity index (χ1) is 7.71. The second-order valence-corrected chi connectivity index (χ2v) is 3.44. The molecule has 0 spiro atoms. The summed E-state index contributed by atoms with van der Waals surface area (Å²) in [6.07, 6.45) is 0. The Morgan fingerprint density at radius 3 is 2.75 bits per heavy atom. The summed E-state index contributed by atoms with van der Waals surface area (Å²) in [5.41, 5.74) is 1.35. The van der Waals surface area contributed by atoms with Crippen LogP contribution in [0.25, 0.3) is 0 Å². The van der Waals surface area contributed by atoms with Crippen molar-refractivity contribution in [2.24, 2.45) is 5.92 Å². The predicted octanol–water partition coefficient (Wildman–Crippen LogP) is 2.14. The van der Waals surface area contributed by atoms with Crippen LogP contribution in [0.1, 0.15) is 12.5 Å². The highest BCUT2D eigenvalue weighted by molar-refractivity contribution is 5.59. The number of nitrogens with zero attached hydrogens (tertiary/aromatic N) is 2. The fourth-order valence-electron chi connectivity index (χ4n) is 1.22. The molecule has 1 aromatic carbocycles. The number of methoxy groups -OCH3 is 1.